The van der Waals surface area contributed by atoms with Crippen LogP contribution in [0.4, 0.5) is 4.79 Å². The molecular weight excluding hydrogens is 230 g/mol. The molecule has 0 aliphatic heterocycles. The van der Waals surface area contributed by atoms with Crippen molar-refractivity contribution in [3.63, 3.8) is 0 Å². The van der Waals surface area contributed by atoms with Gasteiger partial charge in [-0.15, -0.1) is 0 Å². The highest BCUT2D eigenvalue weighted by Crippen LogP contribution is 2.15. The average Bonchev–Trinajstić information content (AvgIpc) is 2.26. The lowest BCUT2D eigenvalue weighted by molar-refractivity contribution is 0.0508. The smallest absolute Gasteiger partial charge is 0.408 e. The third kappa shape index (κ3) is 4.75. The van der Waals surface area contributed by atoms with Crippen LogP contribution in [-0.2, 0) is 11.3 Å². The van der Waals surface area contributed by atoms with Crippen LogP contribution in [0, 0.1) is 0 Å². The Morgan fingerprint density at radius 1 is 1.33 bits per heavy atom. The Bertz CT molecular complexity index is 392. The van der Waals surface area contributed by atoms with Gasteiger partial charge in [0.25, 0.3) is 0 Å². The van der Waals surface area contributed by atoms with Crippen LogP contribution in [-0.4, -0.2) is 16.8 Å². The van der Waals surface area contributed by atoms with Gasteiger partial charge in [0.05, 0.1) is 12.6 Å². The fourth-order valence-electron chi connectivity index (χ4n) is 1.48. The molecule has 1 atom stereocenters. The van der Waals surface area contributed by atoms with Gasteiger partial charge in [0.15, 0.2) is 0 Å². The first-order valence-corrected chi connectivity index (χ1v) is 6.01. The number of aliphatic hydroxyl groups excluding tert-OH is 1. The number of aliphatic hydroxyl groups is 1. The van der Waals surface area contributed by atoms with Gasteiger partial charge in [0.2, 0.25) is 0 Å². The molecule has 100 valence electrons. The molecule has 0 heterocycles. The molecule has 4 heteroatoms. The molecule has 0 saturated carbocycles. The molecular formula is C14H21NO3. The second-order valence-electron chi connectivity index (χ2n) is 5.27. The monoisotopic (exact) mass is 251 g/mol. The van der Waals surface area contributed by atoms with Gasteiger partial charge in [0.1, 0.15) is 5.60 Å². The van der Waals surface area contributed by atoms with Crippen molar-refractivity contribution in [2.75, 3.05) is 0 Å². The van der Waals surface area contributed by atoms with E-state index in [0.717, 1.165) is 11.1 Å². The number of amides is 1. The van der Waals surface area contributed by atoms with Gasteiger partial charge in [-0.2, -0.15) is 0 Å². The van der Waals surface area contributed by atoms with Crippen molar-refractivity contribution in [3.8, 4) is 0 Å². The Kier molecular flexibility index (Phi) is 4.73. The molecule has 1 rings (SSSR count). The van der Waals surface area contributed by atoms with Crippen molar-refractivity contribution in [2.45, 2.75) is 45.9 Å². The fourth-order valence-corrected chi connectivity index (χ4v) is 1.48. The van der Waals surface area contributed by atoms with Gasteiger partial charge in [0, 0.05) is 0 Å². The first-order valence-electron chi connectivity index (χ1n) is 6.01. The number of alkyl carbamates (subject to hydrolysis) is 1. The maximum absolute atomic E-state index is 11.6. The maximum atomic E-state index is 11.6. The number of carbonyl (C=O) groups is 1. The molecule has 0 aromatic heterocycles. The molecule has 1 amide bonds. The molecule has 1 aromatic rings. The van der Waals surface area contributed by atoms with Crippen LogP contribution >= 0.6 is 0 Å². The van der Waals surface area contributed by atoms with Gasteiger partial charge < -0.3 is 15.2 Å². The van der Waals surface area contributed by atoms with Crippen molar-refractivity contribution in [1.82, 2.24) is 5.32 Å². The standard InChI is InChI=1S/C14H21NO3/c1-10(15-13(17)18-14(2,3)4)12-7-5-11(9-16)6-8-12/h5-8,10,16H,9H2,1-4H3,(H,15,17). The third-order valence-corrected chi connectivity index (χ3v) is 2.40. The summed E-state index contributed by atoms with van der Waals surface area (Å²) in [6.45, 7) is 7.39. The molecule has 0 fully saturated rings. The lowest BCUT2D eigenvalue weighted by atomic mass is 10.1. The molecule has 0 aliphatic rings. The minimum atomic E-state index is -0.495. The minimum Gasteiger partial charge on any atom is -0.444 e. The average molecular weight is 251 g/mol. The zero-order valence-corrected chi connectivity index (χ0v) is 11.4. The highest BCUT2D eigenvalue weighted by molar-refractivity contribution is 5.68. The lowest BCUT2D eigenvalue weighted by Crippen LogP contribution is -2.34. The summed E-state index contributed by atoms with van der Waals surface area (Å²) in [6.07, 6.45) is -0.429. The zero-order chi connectivity index (χ0) is 13.8. The second kappa shape index (κ2) is 5.87. The van der Waals surface area contributed by atoms with Crippen molar-refractivity contribution < 1.29 is 14.6 Å². The second-order valence-corrected chi connectivity index (χ2v) is 5.27. The molecule has 1 unspecified atom stereocenters. The SMILES string of the molecule is CC(NC(=O)OC(C)(C)C)c1ccc(CO)cc1. The van der Waals surface area contributed by atoms with E-state index in [0.29, 0.717) is 0 Å². The number of rotatable bonds is 3. The van der Waals surface area contributed by atoms with Crippen molar-refractivity contribution in [1.29, 1.82) is 0 Å². The Balaban J connectivity index is 2.59. The van der Waals surface area contributed by atoms with E-state index in [1.54, 1.807) is 0 Å². The number of nitrogens with one attached hydrogen (secondary N) is 1. The van der Waals surface area contributed by atoms with Crippen molar-refractivity contribution >= 4 is 6.09 Å². The third-order valence-electron chi connectivity index (χ3n) is 2.40. The molecule has 2 N–H and O–H groups in total. The van der Waals surface area contributed by atoms with E-state index >= 15 is 0 Å². The summed E-state index contributed by atoms with van der Waals surface area (Å²) in [5, 5.41) is 11.7. The normalized spacial score (nSPS) is 12.9. The molecule has 0 saturated heterocycles. The molecule has 1 aromatic carbocycles. The zero-order valence-electron chi connectivity index (χ0n) is 11.4. The Morgan fingerprint density at radius 2 is 1.89 bits per heavy atom. The van der Waals surface area contributed by atoms with Crippen molar-refractivity contribution in [3.05, 3.63) is 35.4 Å². The summed E-state index contributed by atoms with van der Waals surface area (Å²) >= 11 is 0. The number of benzene rings is 1. The molecule has 0 spiro atoms. The summed E-state index contributed by atoms with van der Waals surface area (Å²) in [6, 6.07) is 7.31. The fraction of sp³-hybridized carbons (Fsp3) is 0.500. The predicted octanol–water partition coefficient (Wildman–Crippen LogP) is 2.76. The Hall–Kier alpha value is -1.55. The van der Waals surface area contributed by atoms with E-state index in [4.69, 9.17) is 9.84 Å². The van der Waals surface area contributed by atoms with Crippen LogP contribution in [0.1, 0.15) is 44.9 Å². The Morgan fingerprint density at radius 3 is 2.33 bits per heavy atom. The molecule has 0 aliphatic carbocycles. The number of hydrogen-bond acceptors (Lipinski definition) is 3. The summed E-state index contributed by atoms with van der Waals surface area (Å²) in [7, 11) is 0. The number of carbonyl (C=O) groups excluding carboxylic acids is 1. The maximum Gasteiger partial charge on any atom is 0.408 e. The van der Waals surface area contributed by atoms with E-state index in [1.165, 1.54) is 0 Å². The number of ether oxygens (including phenoxy) is 1. The highest BCUT2D eigenvalue weighted by atomic mass is 16.6. The molecule has 4 nitrogen and oxygen atoms in total. The van der Waals surface area contributed by atoms with Crippen LogP contribution in [0.5, 0.6) is 0 Å². The predicted molar refractivity (Wildman–Crippen MR) is 70.1 cm³/mol. The van der Waals surface area contributed by atoms with E-state index in [1.807, 2.05) is 52.0 Å². The molecule has 0 radical (unpaired) electrons. The first kappa shape index (κ1) is 14.5. The summed E-state index contributed by atoms with van der Waals surface area (Å²) in [5.74, 6) is 0. The van der Waals surface area contributed by atoms with Crippen LogP contribution < -0.4 is 5.32 Å². The van der Waals surface area contributed by atoms with Gasteiger partial charge >= 0.3 is 6.09 Å². The van der Waals surface area contributed by atoms with Gasteiger partial charge in [-0.3, -0.25) is 0 Å². The minimum absolute atomic E-state index is 0.0220. The molecule has 18 heavy (non-hydrogen) atoms. The van der Waals surface area contributed by atoms with Crippen LogP contribution in [0.25, 0.3) is 0 Å². The van der Waals surface area contributed by atoms with E-state index in [9.17, 15) is 4.79 Å². The first-order chi connectivity index (χ1) is 8.31. The largest absolute Gasteiger partial charge is 0.444 e. The number of hydrogen-bond donors (Lipinski definition) is 2. The highest BCUT2D eigenvalue weighted by Gasteiger charge is 2.18. The topological polar surface area (TPSA) is 58.6 Å². The van der Waals surface area contributed by atoms with E-state index in [-0.39, 0.29) is 12.6 Å². The Labute approximate surface area is 108 Å². The van der Waals surface area contributed by atoms with Crippen LogP contribution in [0.2, 0.25) is 0 Å². The summed E-state index contributed by atoms with van der Waals surface area (Å²) in [5.41, 5.74) is 1.33. The van der Waals surface area contributed by atoms with Crippen LogP contribution in [0.15, 0.2) is 24.3 Å². The van der Waals surface area contributed by atoms with E-state index < -0.39 is 11.7 Å². The van der Waals surface area contributed by atoms with E-state index in [2.05, 4.69) is 5.32 Å². The van der Waals surface area contributed by atoms with Crippen LogP contribution in [0.3, 0.4) is 0 Å². The molecule has 0 bridgehead atoms. The quantitative estimate of drug-likeness (QED) is 0.868. The summed E-state index contributed by atoms with van der Waals surface area (Å²) in [4.78, 5) is 11.6. The van der Waals surface area contributed by atoms with Crippen molar-refractivity contribution in [2.24, 2.45) is 0 Å². The van der Waals surface area contributed by atoms with Gasteiger partial charge in [-0.1, -0.05) is 24.3 Å². The van der Waals surface area contributed by atoms with Gasteiger partial charge in [-0.25, -0.2) is 4.79 Å². The lowest BCUT2D eigenvalue weighted by Gasteiger charge is -2.22. The van der Waals surface area contributed by atoms with Gasteiger partial charge in [-0.05, 0) is 38.8 Å². The summed E-state index contributed by atoms with van der Waals surface area (Å²) < 4.78 is 5.18.